The zero-order chi connectivity index (χ0) is 19.2. The third kappa shape index (κ3) is 4.75. The van der Waals surface area contributed by atoms with Crippen molar-refractivity contribution in [1.29, 1.82) is 5.26 Å². The van der Waals surface area contributed by atoms with Gasteiger partial charge in [0.25, 0.3) is 5.91 Å². The number of benzene rings is 2. The van der Waals surface area contributed by atoms with Crippen molar-refractivity contribution < 1.29 is 9.53 Å². The molecule has 1 heterocycles. The summed E-state index contributed by atoms with van der Waals surface area (Å²) in [5, 5.41) is 12.2. The Balaban J connectivity index is 1.77. The number of hydrogen-bond acceptors (Lipinski definition) is 4. The van der Waals surface area contributed by atoms with E-state index in [1.54, 1.807) is 6.08 Å². The molecule has 0 bridgehead atoms. The lowest BCUT2D eigenvalue weighted by Gasteiger charge is -2.29. The molecule has 0 aromatic heterocycles. The van der Waals surface area contributed by atoms with Gasteiger partial charge in [-0.05, 0) is 55.3 Å². The molecule has 2 aromatic carbocycles. The first-order valence-electron chi connectivity index (χ1n) is 9.00. The Morgan fingerprint density at radius 1 is 1.15 bits per heavy atom. The molecule has 0 spiro atoms. The second-order valence-corrected chi connectivity index (χ2v) is 6.63. The maximum atomic E-state index is 12.4. The molecule has 1 aliphatic heterocycles. The zero-order valence-electron chi connectivity index (χ0n) is 15.7. The van der Waals surface area contributed by atoms with Crippen molar-refractivity contribution in [2.45, 2.75) is 13.8 Å². The monoisotopic (exact) mass is 361 g/mol. The van der Waals surface area contributed by atoms with E-state index in [2.05, 4.69) is 16.3 Å². The van der Waals surface area contributed by atoms with Crippen molar-refractivity contribution in [1.82, 2.24) is 0 Å². The Morgan fingerprint density at radius 2 is 1.85 bits per heavy atom. The molecule has 3 rings (SSSR count). The summed E-state index contributed by atoms with van der Waals surface area (Å²) in [5.41, 5.74) is 4.89. The second kappa shape index (κ2) is 8.52. The van der Waals surface area contributed by atoms with Gasteiger partial charge in [-0.15, -0.1) is 0 Å². The van der Waals surface area contributed by atoms with Crippen molar-refractivity contribution in [3.05, 3.63) is 64.7 Å². The first-order valence-corrected chi connectivity index (χ1v) is 9.00. The number of anilines is 2. The average molecular weight is 361 g/mol. The summed E-state index contributed by atoms with van der Waals surface area (Å²) in [6.45, 7) is 7.18. The van der Waals surface area contributed by atoms with Crippen LogP contribution in [0.5, 0.6) is 0 Å². The van der Waals surface area contributed by atoms with E-state index in [0.717, 1.165) is 48.7 Å². The average Bonchev–Trinajstić information content (AvgIpc) is 2.69. The molecule has 5 heteroatoms. The van der Waals surface area contributed by atoms with Gasteiger partial charge < -0.3 is 15.0 Å². The van der Waals surface area contributed by atoms with E-state index in [1.807, 2.05) is 56.3 Å². The molecule has 5 nitrogen and oxygen atoms in total. The van der Waals surface area contributed by atoms with E-state index < -0.39 is 5.91 Å². The van der Waals surface area contributed by atoms with Crippen LogP contribution in [0.25, 0.3) is 6.08 Å². The van der Waals surface area contributed by atoms with Gasteiger partial charge in [-0.2, -0.15) is 5.26 Å². The number of morpholine rings is 1. The lowest BCUT2D eigenvalue weighted by molar-refractivity contribution is -0.112. The van der Waals surface area contributed by atoms with Gasteiger partial charge in [-0.3, -0.25) is 4.79 Å². The van der Waals surface area contributed by atoms with E-state index in [9.17, 15) is 10.1 Å². The molecule has 1 saturated heterocycles. The van der Waals surface area contributed by atoms with Crippen LogP contribution in [0.1, 0.15) is 16.7 Å². The number of nitrogens with zero attached hydrogens (tertiary/aromatic N) is 2. The van der Waals surface area contributed by atoms with Gasteiger partial charge >= 0.3 is 0 Å². The van der Waals surface area contributed by atoms with Crippen molar-refractivity contribution in [2.75, 3.05) is 36.5 Å². The third-order valence-corrected chi connectivity index (χ3v) is 4.60. The van der Waals surface area contributed by atoms with Crippen molar-refractivity contribution in [2.24, 2.45) is 0 Å². The Hall–Kier alpha value is -3.10. The first kappa shape index (κ1) is 18.7. The molecule has 2 aromatic rings. The number of nitrogens with one attached hydrogen (secondary N) is 1. The highest BCUT2D eigenvalue weighted by molar-refractivity contribution is 6.09. The molecular formula is C22H23N3O2. The van der Waals surface area contributed by atoms with Crippen LogP contribution >= 0.6 is 0 Å². The van der Waals surface area contributed by atoms with Gasteiger partial charge in [0.15, 0.2) is 0 Å². The number of carbonyl (C=O) groups excluding carboxylic acids is 1. The highest BCUT2D eigenvalue weighted by atomic mass is 16.5. The lowest BCUT2D eigenvalue weighted by atomic mass is 10.0. The quantitative estimate of drug-likeness (QED) is 0.666. The summed E-state index contributed by atoms with van der Waals surface area (Å²) < 4.78 is 5.39. The second-order valence-electron chi connectivity index (χ2n) is 6.63. The maximum absolute atomic E-state index is 12.4. The van der Waals surface area contributed by atoms with Crippen LogP contribution < -0.4 is 10.2 Å². The molecule has 0 saturated carbocycles. The third-order valence-electron chi connectivity index (χ3n) is 4.60. The molecule has 0 radical (unpaired) electrons. The Morgan fingerprint density at radius 3 is 2.48 bits per heavy atom. The van der Waals surface area contributed by atoms with Crippen molar-refractivity contribution >= 4 is 23.4 Å². The molecule has 1 aliphatic rings. The standard InChI is InChI=1S/C22H23N3O2/c1-16-3-6-20(7-4-16)24-22(26)19(15-23)14-18-5-8-21(13-17(18)2)25-9-11-27-12-10-25/h3-8,13-14H,9-12H2,1-2H3,(H,24,26)/b19-14-. The van der Waals surface area contributed by atoms with Gasteiger partial charge in [0, 0.05) is 24.5 Å². The van der Waals surface area contributed by atoms with E-state index in [4.69, 9.17) is 4.74 Å². The summed E-state index contributed by atoms with van der Waals surface area (Å²) in [5.74, 6) is -0.405. The maximum Gasteiger partial charge on any atom is 0.266 e. The summed E-state index contributed by atoms with van der Waals surface area (Å²) in [6, 6.07) is 15.6. The van der Waals surface area contributed by atoms with Crippen LogP contribution in [0, 0.1) is 25.2 Å². The molecule has 1 amide bonds. The largest absolute Gasteiger partial charge is 0.378 e. The molecule has 1 N–H and O–H groups in total. The highest BCUT2D eigenvalue weighted by Gasteiger charge is 2.13. The lowest BCUT2D eigenvalue weighted by Crippen LogP contribution is -2.36. The molecular weight excluding hydrogens is 338 g/mol. The molecule has 138 valence electrons. The minimum Gasteiger partial charge on any atom is -0.378 e. The molecule has 0 aliphatic carbocycles. The predicted octanol–water partition coefficient (Wildman–Crippen LogP) is 3.69. The Bertz CT molecular complexity index is 889. The van der Waals surface area contributed by atoms with Crippen LogP contribution in [-0.4, -0.2) is 32.2 Å². The Labute approximate surface area is 159 Å². The first-order chi connectivity index (χ1) is 13.1. The number of carbonyl (C=O) groups is 1. The summed E-state index contributed by atoms with van der Waals surface area (Å²) in [6.07, 6.45) is 1.64. The molecule has 0 unspecified atom stereocenters. The molecule has 27 heavy (non-hydrogen) atoms. The minimum absolute atomic E-state index is 0.0813. The predicted molar refractivity (Wildman–Crippen MR) is 108 cm³/mol. The van der Waals surface area contributed by atoms with E-state index >= 15 is 0 Å². The van der Waals surface area contributed by atoms with Crippen LogP contribution in [0.15, 0.2) is 48.0 Å². The van der Waals surface area contributed by atoms with Crippen LogP contribution in [-0.2, 0) is 9.53 Å². The van der Waals surface area contributed by atoms with Crippen LogP contribution in [0.3, 0.4) is 0 Å². The van der Waals surface area contributed by atoms with E-state index in [0.29, 0.717) is 5.69 Å². The normalized spacial score (nSPS) is 14.6. The van der Waals surface area contributed by atoms with Crippen LogP contribution in [0.4, 0.5) is 11.4 Å². The van der Waals surface area contributed by atoms with Gasteiger partial charge in [0.2, 0.25) is 0 Å². The van der Waals surface area contributed by atoms with Gasteiger partial charge in [-0.1, -0.05) is 23.8 Å². The molecule has 1 fully saturated rings. The van der Waals surface area contributed by atoms with Crippen molar-refractivity contribution in [3.63, 3.8) is 0 Å². The summed E-state index contributed by atoms with van der Waals surface area (Å²) >= 11 is 0. The fraction of sp³-hybridized carbons (Fsp3) is 0.273. The summed E-state index contributed by atoms with van der Waals surface area (Å²) in [7, 11) is 0. The smallest absolute Gasteiger partial charge is 0.266 e. The van der Waals surface area contributed by atoms with Gasteiger partial charge in [-0.25, -0.2) is 0 Å². The zero-order valence-corrected chi connectivity index (χ0v) is 15.7. The van der Waals surface area contributed by atoms with Crippen LogP contribution in [0.2, 0.25) is 0 Å². The SMILES string of the molecule is Cc1ccc(NC(=O)/C(C#N)=C\c2ccc(N3CCOCC3)cc2C)cc1. The minimum atomic E-state index is -0.405. The fourth-order valence-corrected chi connectivity index (χ4v) is 2.98. The van der Waals surface area contributed by atoms with Gasteiger partial charge in [0.1, 0.15) is 11.6 Å². The summed E-state index contributed by atoms with van der Waals surface area (Å²) in [4.78, 5) is 14.7. The topological polar surface area (TPSA) is 65.4 Å². The number of hydrogen-bond donors (Lipinski definition) is 1. The number of aryl methyl sites for hydroxylation is 2. The van der Waals surface area contributed by atoms with Crippen molar-refractivity contribution in [3.8, 4) is 6.07 Å². The number of nitriles is 1. The Kier molecular flexibility index (Phi) is 5.90. The van der Waals surface area contributed by atoms with E-state index in [-0.39, 0.29) is 5.57 Å². The fourth-order valence-electron chi connectivity index (χ4n) is 2.98. The number of ether oxygens (including phenoxy) is 1. The van der Waals surface area contributed by atoms with E-state index in [1.165, 1.54) is 0 Å². The number of rotatable bonds is 4. The molecule has 0 atom stereocenters. The number of amides is 1. The highest BCUT2D eigenvalue weighted by Crippen LogP contribution is 2.22. The van der Waals surface area contributed by atoms with Gasteiger partial charge in [0.05, 0.1) is 13.2 Å².